The number of nitrogens with one attached hydrogen (secondary N) is 1. The fourth-order valence-corrected chi connectivity index (χ4v) is 2.31. The van der Waals surface area contributed by atoms with Crippen molar-refractivity contribution in [3.8, 4) is 0 Å². The molecule has 0 saturated carbocycles. The summed E-state index contributed by atoms with van der Waals surface area (Å²) < 4.78 is 2.18. The summed E-state index contributed by atoms with van der Waals surface area (Å²) in [6.07, 6.45) is 3.93. The predicted molar refractivity (Wildman–Crippen MR) is 80.6 cm³/mol. The van der Waals surface area contributed by atoms with Gasteiger partial charge in [0.05, 0.1) is 11.7 Å². The Morgan fingerprint density at radius 3 is 2.79 bits per heavy atom. The normalized spacial score (nSPS) is 12.2. The number of anilines is 1. The molecule has 0 bridgehead atoms. The van der Waals surface area contributed by atoms with Crippen LogP contribution in [0.1, 0.15) is 29.8 Å². The summed E-state index contributed by atoms with van der Waals surface area (Å²) in [6, 6.07) is 8.73. The largest absolute Gasteiger partial charge is 0.352 e. The zero-order valence-electron chi connectivity index (χ0n) is 11.9. The monoisotopic (exact) mass is 255 g/mol. The SMILES string of the molecule is C=CCNc1nc(C)cn1C(C)c1ccccc1C. The van der Waals surface area contributed by atoms with E-state index in [0.717, 1.165) is 18.2 Å². The highest BCUT2D eigenvalue weighted by Crippen LogP contribution is 2.25. The molecular weight excluding hydrogens is 234 g/mol. The van der Waals surface area contributed by atoms with E-state index in [1.54, 1.807) is 0 Å². The van der Waals surface area contributed by atoms with Gasteiger partial charge in [-0.3, -0.25) is 0 Å². The maximum atomic E-state index is 4.53. The van der Waals surface area contributed by atoms with Crippen LogP contribution < -0.4 is 5.32 Å². The number of benzene rings is 1. The number of hydrogen-bond acceptors (Lipinski definition) is 2. The summed E-state index contributed by atoms with van der Waals surface area (Å²) in [7, 11) is 0. The van der Waals surface area contributed by atoms with Gasteiger partial charge >= 0.3 is 0 Å². The molecule has 1 heterocycles. The minimum absolute atomic E-state index is 0.259. The van der Waals surface area contributed by atoms with Crippen LogP contribution in [0.5, 0.6) is 0 Å². The first kappa shape index (κ1) is 13.4. The summed E-state index contributed by atoms with van der Waals surface area (Å²) >= 11 is 0. The first-order chi connectivity index (χ1) is 9.13. The molecule has 0 spiro atoms. The third-order valence-corrected chi connectivity index (χ3v) is 3.31. The third kappa shape index (κ3) is 2.87. The van der Waals surface area contributed by atoms with Crippen LogP contribution in [-0.4, -0.2) is 16.1 Å². The molecule has 0 aliphatic heterocycles. The zero-order chi connectivity index (χ0) is 13.8. The van der Waals surface area contributed by atoms with E-state index in [1.807, 2.05) is 13.0 Å². The highest BCUT2D eigenvalue weighted by Gasteiger charge is 2.14. The topological polar surface area (TPSA) is 29.9 Å². The van der Waals surface area contributed by atoms with Gasteiger partial charge < -0.3 is 9.88 Å². The number of imidazole rings is 1. The van der Waals surface area contributed by atoms with Gasteiger partial charge in [-0.05, 0) is 31.9 Å². The molecular formula is C16H21N3. The summed E-state index contributed by atoms with van der Waals surface area (Å²) in [4.78, 5) is 4.53. The molecule has 0 aliphatic rings. The van der Waals surface area contributed by atoms with Crippen molar-refractivity contribution in [2.45, 2.75) is 26.8 Å². The number of nitrogens with zero attached hydrogens (tertiary/aromatic N) is 2. The number of aryl methyl sites for hydroxylation is 2. The second-order valence-corrected chi connectivity index (χ2v) is 4.82. The van der Waals surface area contributed by atoms with Crippen LogP contribution in [0.25, 0.3) is 0 Å². The van der Waals surface area contributed by atoms with E-state index >= 15 is 0 Å². The predicted octanol–water partition coefficient (Wildman–Crippen LogP) is 3.71. The van der Waals surface area contributed by atoms with E-state index in [0.29, 0.717) is 0 Å². The highest BCUT2D eigenvalue weighted by molar-refractivity contribution is 5.35. The molecule has 0 fully saturated rings. The Balaban J connectivity index is 2.35. The van der Waals surface area contributed by atoms with Gasteiger partial charge in [-0.15, -0.1) is 6.58 Å². The lowest BCUT2D eigenvalue weighted by molar-refractivity contribution is 0.640. The second-order valence-electron chi connectivity index (χ2n) is 4.82. The van der Waals surface area contributed by atoms with Gasteiger partial charge in [0.15, 0.2) is 0 Å². The molecule has 3 nitrogen and oxygen atoms in total. The van der Waals surface area contributed by atoms with Gasteiger partial charge in [-0.25, -0.2) is 4.98 Å². The van der Waals surface area contributed by atoms with Crippen molar-refractivity contribution in [3.05, 3.63) is 59.9 Å². The van der Waals surface area contributed by atoms with Gasteiger partial charge in [0.2, 0.25) is 5.95 Å². The smallest absolute Gasteiger partial charge is 0.203 e. The van der Waals surface area contributed by atoms with Crippen molar-refractivity contribution in [1.82, 2.24) is 9.55 Å². The lowest BCUT2D eigenvalue weighted by Gasteiger charge is -2.19. The first-order valence-corrected chi connectivity index (χ1v) is 6.59. The van der Waals surface area contributed by atoms with Crippen molar-refractivity contribution in [2.24, 2.45) is 0 Å². The maximum absolute atomic E-state index is 4.53. The van der Waals surface area contributed by atoms with Crippen LogP contribution in [-0.2, 0) is 0 Å². The number of aromatic nitrogens is 2. The Kier molecular flexibility index (Phi) is 4.05. The second kappa shape index (κ2) is 5.74. The quantitative estimate of drug-likeness (QED) is 0.825. The summed E-state index contributed by atoms with van der Waals surface area (Å²) in [6.45, 7) is 10.8. The summed E-state index contributed by atoms with van der Waals surface area (Å²) in [5, 5.41) is 3.29. The molecule has 2 aromatic rings. The fraction of sp³-hybridized carbons (Fsp3) is 0.312. The molecule has 1 aromatic heterocycles. The van der Waals surface area contributed by atoms with Crippen molar-refractivity contribution < 1.29 is 0 Å². The van der Waals surface area contributed by atoms with E-state index < -0.39 is 0 Å². The molecule has 0 amide bonds. The highest BCUT2D eigenvalue weighted by atomic mass is 15.2. The summed E-state index contributed by atoms with van der Waals surface area (Å²) in [5.74, 6) is 0.896. The van der Waals surface area contributed by atoms with Crippen LogP contribution in [0, 0.1) is 13.8 Å². The van der Waals surface area contributed by atoms with Gasteiger partial charge in [-0.1, -0.05) is 30.3 Å². The van der Waals surface area contributed by atoms with Gasteiger partial charge in [-0.2, -0.15) is 0 Å². The Morgan fingerprint density at radius 2 is 2.11 bits per heavy atom. The number of rotatable bonds is 5. The lowest BCUT2D eigenvalue weighted by atomic mass is 10.0. The Hall–Kier alpha value is -2.03. The molecule has 3 heteroatoms. The van der Waals surface area contributed by atoms with Crippen molar-refractivity contribution in [3.63, 3.8) is 0 Å². The fourth-order valence-electron chi connectivity index (χ4n) is 2.31. The average molecular weight is 255 g/mol. The van der Waals surface area contributed by atoms with Crippen molar-refractivity contribution >= 4 is 5.95 Å². The lowest BCUT2D eigenvalue weighted by Crippen LogP contribution is -2.12. The average Bonchev–Trinajstić information content (AvgIpc) is 2.77. The van der Waals surface area contributed by atoms with E-state index in [9.17, 15) is 0 Å². The van der Waals surface area contributed by atoms with Gasteiger partial charge in [0, 0.05) is 12.7 Å². The van der Waals surface area contributed by atoms with Gasteiger partial charge in [0.25, 0.3) is 0 Å². The molecule has 1 atom stereocenters. The van der Waals surface area contributed by atoms with Crippen LogP contribution in [0.15, 0.2) is 43.1 Å². The first-order valence-electron chi connectivity index (χ1n) is 6.59. The minimum Gasteiger partial charge on any atom is -0.352 e. The third-order valence-electron chi connectivity index (χ3n) is 3.31. The molecule has 1 aromatic carbocycles. The Labute approximate surface area is 115 Å². The molecule has 100 valence electrons. The maximum Gasteiger partial charge on any atom is 0.203 e. The molecule has 0 saturated heterocycles. The zero-order valence-corrected chi connectivity index (χ0v) is 11.9. The molecule has 0 aliphatic carbocycles. The molecule has 1 N–H and O–H groups in total. The Morgan fingerprint density at radius 1 is 1.37 bits per heavy atom. The van der Waals surface area contributed by atoms with E-state index in [2.05, 4.69) is 65.8 Å². The van der Waals surface area contributed by atoms with Crippen molar-refractivity contribution in [1.29, 1.82) is 0 Å². The summed E-state index contributed by atoms with van der Waals surface area (Å²) in [5.41, 5.74) is 3.64. The molecule has 2 rings (SSSR count). The molecule has 19 heavy (non-hydrogen) atoms. The van der Waals surface area contributed by atoms with Crippen LogP contribution in [0.2, 0.25) is 0 Å². The van der Waals surface area contributed by atoms with Gasteiger partial charge in [0.1, 0.15) is 0 Å². The molecule has 1 unspecified atom stereocenters. The Bertz CT molecular complexity index is 569. The standard InChI is InChI=1S/C16H21N3/c1-5-10-17-16-18-13(3)11-19(16)14(4)15-9-7-6-8-12(15)2/h5-9,11,14H,1,10H2,2-4H3,(H,17,18). The van der Waals surface area contributed by atoms with E-state index in [-0.39, 0.29) is 6.04 Å². The van der Waals surface area contributed by atoms with E-state index in [4.69, 9.17) is 0 Å². The van der Waals surface area contributed by atoms with Crippen LogP contribution in [0.4, 0.5) is 5.95 Å². The molecule has 0 radical (unpaired) electrons. The van der Waals surface area contributed by atoms with Crippen molar-refractivity contribution in [2.75, 3.05) is 11.9 Å². The van der Waals surface area contributed by atoms with Crippen LogP contribution in [0.3, 0.4) is 0 Å². The van der Waals surface area contributed by atoms with Crippen LogP contribution >= 0.6 is 0 Å². The number of hydrogen-bond donors (Lipinski definition) is 1. The van der Waals surface area contributed by atoms with E-state index in [1.165, 1.54) is 11.1 Å². The minimum atomic E-state index is 0.259.